The van der Waals surface area contributed by atoms with Crippen molar-refractivity contribution in [3.63, 3.8) is 0 Å². The zero-order valence-corrected chi connectivity index (χ0v) is 12.2. The lowest BCUT2D eigenvalue weighted by Gasteiger charge is -2.07. The van der Waals surface area contributed by atoms with E-state index in [0.29, 0.717) is 0 Å². The van der Waals surface area contributed by atoms with Gasteiger partial charge in [-0.15, -0.1) is 0 Å². The largest absolute Gasteiger partial charge is 0.409 e. The van der Waals surface area contributed by atoms with Gasteiger partial charge in [0, 0.05) is 12.1 Å². The number of hydrogen-bond donors (Lipinski definition) is 3. The first kappa shape index (κ1) is 15.1. The number of hydrogen-bond acceptors (Lipinski definition) is 3. The minimum atomic E-state index is 0.133. The normalized spacial score (nSPS) is 11.6. The summed E-state index contributed by atoms with van der Waals surface area (Å²) in [5.74, 6) is 0.133. The molecule has 0 amide bonds. The van der Waals surface area contributed by atoms with Crippen LogP contribution in [0.4, 0.5) is 0 Å². The monoisotopic (exact) mass is 283 g/mol. The van der Waals surface area contributed by atoms with Crippen molar-refractivity contribution in [2.45, 2.75) is 19.9 Å². The van der Waals surface area contributed by atoms with E-state index < -0.39 is 0 Å². The summed E-state index contributed by atoms with van der Waals surface area (Å²) in [5, 5.41) is 15.0. The maximum Gasteiger partial charge on any atom is 0.170 e. The van der Waals surface area contributed by atoms with E-state index in [4.69, 9.17) is 10.9 Å². The molecule has 2 aromatic carbocycles. The van der Waals surface area contributed by atoms with E-state index in [0.717, 1.165) is 25.1 Å². The van der Waals surface area contributed by atoms with Crippen molar-refractivity contribution in [1.82, 2.24) is 5.32 Å². The molecule has 2 aromatic rings. The van der Waals surface area contributed by atoms with E-state index in [1.807, 2.05) is 24.3 Å². The summed E-state index contributed by atoms with van der Waals surface area (Å²) in [6.07, 6.45) is 1.02. The molecule has 0 atom stereocenters. The molecule has 0 unspecified atom stereocenters. The standard InChI is InChI=1S/C17H21N3O/c1-13-3-2-4-14(11-13)9-10-19-12-15-5-7-16(8-6-15)17(18)20-21/h2-8,11,19,21H,9-10,12H2,1H3,(H2,18,20). The zero-order chi connectivity index (χ0) is 15.1. The van der Waals surface area contributed by atoms with Crippen molar-refractivity contribution in [2.75, 3.05) is 6.54 Å². The Kier molecular flexibility index (Phi) is 5.35. The Labute approximate surface area is 125 Å². The molecule has 110 valence electrons. The molecular formula is C17H21N3O. The summed E-state index contributed by atoms with van der Waals surface area (Å²) in [5.41, 5.74) is 10.1. The van der Waals surface area contributed by atoms with Gasteiger partial charge in [0.15, 0.2) is 5.84 Å². The third-order valence-corrected chi connectivity index (χ3v) is 3.36. The molecule has 4 N–H and O–H groups in total. The quantitative estimate of drug-likeness (QED) is 0.251. The van der Waals surface area contributed by atoms with Crippen LogP contribution in [0.3, 0.4) is 0 Å². The van der Waals surface area contributed by atoms with Crippen molar-refractivity contribution in [3.8, 4) is 0 Å². The van der Waals surface area contributed by atoms with Gasteiger partial charge in [-0.3, -0.25) is 0 Å². The van der Waals surface area contributed by atoms with Gasteiger partial charge in [-0.2, -0.15) is 0 Å². The highest BCUT2D eigenvalue weighted by molar-refractivity contribution is 5.96. The molecule has 0 spiro atoms. The van der Waals surface area contributed by atoms with Crippen molar-refractivity contribution >= 4 is 5.84 Å². The Morgan fingerprint density at radius 1 is 1.14 bits per heavy atom. The average Bonchev–Trinajstić information content (AvgIpc) is 2.51. The number of benzene rings is 2. The molecule has 21 heavy (non-hydrogen) atoms. The smallest absolute Gasteiger partial charge is 0.170 e. The van der Waals surface area contributed by atoms with Crippen LogP contribution in [0.1, 0.15) is 22.3 Å². The first-order chi connectivity index (χ1) is 10.2. The van der Waals surface area contributed by atoms with Crippen LogP contribution in [-0.2, 0) is 13.0 Å². The van der Waals surface area contributed by atoms with Gasteiger partial charge in [-0.25, -0.2) is 0 Å². The minimum absolute atomic E-state index is 0.133. The first-order valence-electron chi connectivity index (χ1n) is 7.02. The molecule has 4 nitrogen and oxygen atoms in total. The van der Waals surface area contributed by atoms with Crippen LogP contribution in [0.5, 0.6) is 0 Å². The van der Waals surface area contributed by atoms with Gasteiger partial charge >= 0.3 is 0 Å². The highest BCUT2D eigenvalue weighted by Gasteiger charge is 1.99. The SMILES string of the molecule is Cc1cccc(CCNCc2ccc(C(N)=NO)cc2)c1. The van der Waals surface area contributed by atoms with Gasteiger partial charge in [0.25, 0.3) is 0 Å². The van der Waals surface area contributed by atoms with Gasteiger partial charge in [0.05, 0.1) is 0 Å². The van der Waals surface area contributed by atoms with Crippen LogP contribution < -0.4 is 11.1 Å². The second-order valence-corrected chi connectivity index (χ2v) is 5.10. The lowest BCUT2D eigenvalue weighted by atomic mass is 10.1. The number of nitrogens with zero attached hydrogens (tertiary/aromatic N) is 1. The number of oxime groups is 1. The number of aryl methyl sites for hydroxylation is 1. The van der Waals surface area contributed by atoms with Crippen LogP contribution in [-0.4, -0.2) is 17.6 Å². The van der Waals surface area contributed by atoms with E-state index in [9.17, 15) is 0 Å². The van der Waals surface area contributed by atoms with Crippen LogP contribution >= 0.6 is 0 Å². The molecule has 0 radical (unpaired) electrons. The molecule has 0 bridgehead atoms. The van der Waals surface area contributed by atoms with Crippen LogP contribution in [0.15, 0.2) is 53.7 Å². The van der Waals surface area contributed by atoms with Gasteiger partial charge in [0.1, 0.15) is 0 Å². The molecular weight excluding hydrogens is 262 g/mol. The van der Waals surface area contributed by atoms with Crippen LogP contribution in [0, 0.1) is 6.92 Å². The zero-order valence-electron chi connectivity index (χ0n) is 12.2. The van der Waals surface area contributed by atoms with E-state index in [1.165, 1.54) is 16.7 Å². The van der Waals surface area contributed by atoms with Crippen molar-refractivity contribution in [3.05, 3.63) is 70.8 Å². The van der Waals surface area contributed by atoms with Crippen molar-refractivity contribution < 1.29 is 5.21 Å². The van der Waals surface area contributed by atoms with Gasteiger partial charge in [-0.05, 0) is 31.0 Å². The Morgan fingerprint density at radius 2 is 1.90 bits per heavy atom. The summed E-state index contributed by atoms with van der Waals surface area (Å²) in [4.78, 5) is 0. The number of nitrogens with two attached hydrogens (primary N) is 1. The number of nitrogens with one attached hydrogen (secondary N) is 1. The Morgan fingerprint density at radius 3 is 2.57 bits per heavy atom. The Balaban J connectivity index is 1.78. The van der Waals surface area contributed by atoms with E-state index in [1.54, 1.807) is 0 Å². The molecule has 0 heterocycles. The second-order valence-electron chi connectivity index (χ2n) is 5.10. The first-order valence-corrected chi connectivity index (χ1v) is 7.02. The van der Waals surface area contributed by atoms with E-state index in [-0.39, 0.29) is 5.84 Å². The molecule has 0 aromatic heterocycles. The summed E-state index contributed by atoms with van der Waals surface area (Å²) < 4.78 is 0. The molecule has 0 aliphatic carbocycles. The highest BCUT2D eigenvalue weighted by atomic mass is 16.4. The summed E-state index contributed by atoms with van der Waals surface area (Å²) >= 11 is 0. The van der Waals surface area contributed by atoms with E-state index >= 15 is 0 Å². The second kappa shape index (κ2) is 7.45. The number of rotatable bonds is 6. The summed E-state index contributed by atoms with van der Waals surface area (Å²) in [6, 6.07) is 16.2. The molecule has 0 fully saturated rings. The van der Waals surface area contributed by atoms with Gasteiger partial charge < -0.3 is 16.3 Å². The molecule has 2 rings (SSSR count). The topological polar surface area (TPSA) is 70.6 Å². The van der Waals surface area contributed by atoms with E-state index in [2.05, 4.69) is 41.7 Å². The number of amidine groups is 1. The molecule has 0 saturated carbocycles. The predicted octanol–water partition coefficient (Wildman–Crippen LogP) is 2.42. The average molecular weight is 283 g/mol. The Hall–Kier alpha value is -2.33. The maximum absolute atomic E-state index is 8.61. The fourth-order valence-electron chi connectivity index (χ4n) is 2.18. The summed E-state index contributed by atoms with van der Waals surface area (Å²) in [6.45, 7) is 3.85. The lowest BCUT2D eigenvalue weighted by molar-refractivity contribution is 0.318. The van der Waals surface area contributed by atoms with Crippen molar-refractivity contribution in [2.24, 2.45) is 10.9 Å². The predicted molar refractivity (Wildman–Crippen MR) is 85.5 cm³/mol. The molecule has 4 heteroatoms. The van der Waals surface area contributed by atoms with Crippen LogP contribution in [0.25, 0.3) is 0 Å². The fourth-order valence-corrected chi connectivity index (χ4v) is 2.18. The fraction of sp³-hybridized carbons (Fsp3) is 0.235. The van der Waals surface area contributed by atoms with Crippen molar-refractivity contribution in [1.29, 1.82) is 0 Å². The minimum Gasteiger partial charge on any atom is -0.409 e. The Bertz CT molecular complexity index is 606. The maximum atomic E-state index is 8.61. The summed E-state index contributed by atoms with van der Waals surface area (Å²) in [7, 11) is 0. The third-order valence-electron chi connectivity index (χ3n) is 3.36. The lowest BCUT2D eigenvalue weighted by Crippen LogP contribution is -2.17. The van der Waals surface area contributed by atoms with Gasteiger partial charge in [-0.1, -0.05) is 59.3 Å². The molecule has 0 saturated heterocycles. The third kappa shape index (κ3) is 4.61. The van der Waals surface area contributed by atoms with Gasteiger partial charge in [0.2, 0.25) is 0 Å². The molecule has 0 aliphatic heterocycles. The highest BCUT2D eigenvalue weighted by Crippen LogP contribution is 2.06. The van der Waals surface area contributed by atoms with Crippen LogP contribution in [0.2, 0.25) is 0 Å². The molecule has 0 aliphatic rings.